The van der Waals surface area contributed by atoms with Gasteiger partial charge < -0.3 is 9.80 Å². The minimum absolute atomic E-state index is 0.118. The molecule has 0 radical (unpaired) electrons. The molecule has 1 aromatic heterocycles. The average molecular weight is 328 g/mol. The second kappa shape index (κ2) is 7.77. The summed E-state index contributed by atoms with van der Waals surface area (Å²) in [6, 6.07) is 10.8. The van der Waals surface area contributed by atoms with Crippen molar-refractivity contribution in [1.29, 1.82) is 0 Å². The SMILES string of the molecule is Cc1cc(C)nc(N(C)CCCN(C)c2ccc([N+](=O)[O-])cc2)c1. The molecule has 0 bridgehead atoms. The molecule has 0 amide bonds. The maximum atomic E-state index is 10.7. The Balaban J connectivity index is 1.87. The lowest BCUT2D eigenvalue weighted by Crippen LogP contribution is -2.26. The van der Waals surface area contributed by atoms with Crippen LogP contribution in [0.1, 0.15) is 17.7 Å². The molecule has 0 aliphatic carbocycles. The van der Waals surface area contributed by atoms with Crippen molar-refractivity contribution < 1.29 is 4.92 Å². The summed E-state index contributed by atoms with van der Waals surface area (Å²) >= 11 is 0. The van der Waals surface area contributed by atoms with Crippen molar-refractivity contribution in [2.45, 2.75) is 20.3 Å². The van der Waals surface area contributed by atoms with E-state index in [2.05, 4.69) is 33.8 Å². The van der Waals surface area contributed by atoms with Gasteiger partial charge in [0.2, 0.25) is 0 Å². The summed E-state index contributed by atoms with van der Waals surface area (Å²) in [5.41, 5.74) is 3.34. The van der Waals surface area contributed by atoms with Crippen molar-refractivity contribution in [3.05, 3.63) is 57.8 Å². The monoisotopic (exact) mass is 328 g/mol. The average Bonchev–Trinajstić information content (AvgIpc) is 2.53. The molecule has 0 fully saturated rings. The molecule has 2 rings (SSSR count). The molecule has 128 valence electrons. The summed E-state index contributed by atoms with van der Waals surface area (Å²) in [4.78, 5) is 19.1. The van der Waals surface area contributed by atoms with Gasteiger partial charge in [0, 0.05) is 50.7 Å². The van der Waals surface area contributed by atoms with Crippen molar-refractivity contribution in [2.75, 3.05) is 37.0 Å². The fraction of sp³-hybridized carbons (Fsp3) is 0.389. The molecule has 6 heteroatoms. The van der Waals surface area contributed by atoms with Crippen LogP contribution >= 0.6 is 0 Å². The first-order valence-corrected chi connectivity index (χ1v) is 7.99. The van der Waals surface area contributed by atoms with Crippen LogP contribution in [-0.4, -0.2) is 37.1 Å². The number of pyridine rings is 1. The Labute approximate surface area is 142 Å². The van der Waals surface area contributed by atoms with Gasteiger partial charge in [-0.1, -0.05) is 0 Å². The van der Waals surface area contributed by atoms with Gasteiger partial charge in [-0.15, -0.1) is 0 Å². The van der Waals surface area contributed by atoms with Gasteiger partial charge in [-0.2, -0.15) is 0 Å². The lowest BCUT2D eigenvalue weighted by Gasteiger charge is -2.23. The lowest BCUT2D eigenvalue weighted by atomic mass is 10.2. The molecule has 1 aromatic carbocycles. The zero-order chi connectivity index (χ0) is 17.7. The Morgan fingerprint density at radius 3 is 2.25 bits per heavy atom. The molecular weight excluding hydrogens is 304 g/mol. The topological polar surface area (TPSA) is 62.5 Å². The van der Waals surface area contributed by atoms with E-state index in [0.717, 1.165) is 36.7 Å². The van der Waals surface area contributed by atoms with Crippen molar-refractivity contribution in [3.63, 3.8) is 0 Å². The molecule has 1 heterocycles. The van der Waals surface area contributed by atoms with Crippen LogP contribution in [0.3, 0.4) is 0 Å². The highest BCUT2D eigenvalue weighted by atomic mass is 16.6. The quantitative estimate of drug-likeness (QED) is 0.574. The van der Waals surface area contributed by atoms with E-state index in [4.69, 9.17) is 0 Å². The Morgan fingerprint density at radius 2 is 1.67 bits per heavy atom. The molecule has 0 spiro atoms. The highest BCUT2D eigenvalue weighted by molar-refractivity contribution is 5.50. The number of anilines is 2. The zero-order valence-corrected chi connectivity index (χ0v) is 14.7. The van der Waals surface area contributed by atoms with Gasteiger partial charge in [0.05, 0.1) is 4.92 Å². The predicted octanol–water partition coefficient (Wildman–Crippen LogP) is 3.57. The summed E-state index contributed by atoms with van der Waals surface area (Å²) < 4.78 is 0. The van der Waals surface area contributed by atoms with Crippen molar-refractivity contribution in [2.24, 2.45) is 0 Å². The molecule has 0 atom stereocenters. The molecule has 2 aromatic rings. The van der Waals surface area contributed by atoms with Gasteiger partial charge in [-0.05, 0) is 50.1 Å². The Kier molecular flexibility index (Phi) is 5.73. The van der Waals surface area contributed by atoms with Crippen LogP contribution in [0.2, 0.25) is 0 Å². The number of hydrogen-bond acceptors (Lipinski definition) is 5. The largest absolute Gasteiger partial charge is 0.375 e. The van der Waals surface area contributed by atoms with Crippen LogP contribution in [0.25, 0.3) is 0 Å². The van der Waals surface area contributed by atoms with Crippen LogP contribution in [0.4, 0.5) is 17.2 Å². The Morgan fingerprint density at radius 1 is 1.04 bits per heavy atom. The third-order valence-corrected chi connectivity index (χ3v) is 3.96. The maximum Gasteiger partial charge on any atom is 0.269 e. The first-order chi connectivity index (χ1) is 11.4. The highest BCUT2D eigenvalue weighted by Gasteiger charge is 2.08. The second-order valence-corrected chi connectivity index (χ2v) is 6.11. The van der Waals surface area contributed by atoms with E-state index in [9.17, 15) is 10.1 Å². The second-order valence-electron chi connectivity index (χ2n) is 6.11. The lowest BCUT2D eigenvalue weighted by molar-refractivity contribution is -0.384. The molecule has 0 unspecified atom stereocenters. The van der Waals surface area contributed by atoms with Crippen molar-refractivity contribution >= 4 is 17.2 Å². The fourth-order valence-electron chi connectivity index (χ4n) is 2.63. The third-order valence-electron chi connectivity index (χ3n) is 3.96. The number of aromatic nitrogens is 1. The maximum absolute atomic E-state index is 10.7. The van der Waals surface area contributed by atoms with Crippen LogP contribution < -0.4 is 9.80 Å². The van der Waals surface area contributed by atoms with Gasteiger partial charge >= 0.3 is 0 Å². The summed E-state index contributed by atoms with van der Waals surface area (Å²) in [5, 5.41) is 10.7. The van der Waals surface area contributed by atoms with E-state index in [1.165, 1.54) is 17.7 Å². The Hall–Kier alpha value is -2.63. The van der Waals surface area contributed by atoms with Crippen LogP contribution in [0.5, 0.6) is 0 Å². The molecule has 0 aliphatic heterocycles. The van der Waals surface area contributed by atoms with Gasteiger partial charge in [0.25, 0.3) is 5.69 Å². The number of aryl methyl sites for hydroxylation is 2. The van der Waals surface area contributed by atoms with Gasteiger partial charge in [0.15, 0.2) is 0 Å². The number of benzene rings is 1. The van der Waals surface area contributed by atoms with Gasteiger partial charge in [0.1, 0.15) is 5.82 Å². The molecule has 0 saturated heterocycles. The van der Waals surface area contributed by atoms with E-state index in [1.807, 2.05) is 21.0 Å². The summed E-state index contributed by atoms with van der Waals surface area (Å²) in [7, 11) is 4.04. The number of nitro groups is 1. The molecule has 0 aliphatic rings. The van der Waals surface area contributed by atoms with E-state index in [-0.39, 0.29) is 10.6 Å². The van der Waals surface area contributed by atoms with E-state index < -0.39 is 0 Å². The van der Waals surface area contributed by atoms with Crippen molar-refractivity contribution in [3.8, 4) is 0 Å². The number of hydrogen-bond donors (Lipinski definition) is 0. The highest BCUT2D eigenvalue weighted by Crippen LogP contribution is 2.19. The number of nitrogens with zero attached hydrogens (tertiary/aromatic N) is 4. The van der Waals surface area contributed by atoms with Crippen LogP contribution in [0, 0.1) is 24.0 Å². The first kappa shape index (κ1) is 17.7. The van der Waals surface area contributed by atoms with Crippen LogP contribution in [0.15, 0.2) is 36.4 Å². The predicted molar refractivity (Wildman–Crippen MR) is 98.0 cm³/mol. The van der Waals surface area contributed by atoms with Gasteiger partial charge in [-0.3, -0.25) is 10.1 Å². The minimum Gasteiger partial charge on any atom is -0.375 e. The summed E-state index contributed by atoms with van der Waals surface area (Å²) in [6.45, 7) is 5.85. The molecule has 6 nitrogen and oxygen atoms in total. The smallest absolute Gasteiger partial charge is 0.269 e. The number of non-ortho nitro benzene ring substituents is 1. The van der Waals surface area contributed by atoms with Crippen LogP contribution in [-0.2, 0) is 0 Å². The molecule has 0 N–H and O–H groups in total. The number of nitro benzene ring substituents is 1. The molecule has 0 saturated carbocycles. The van der Waals surface area contributed by atoms with E-state index in [0.29, 0.717) is 0 Å². The molecular formula is C18H24N4O2. The normalized spacial score (nSPS) is 10.5. The zero-order valence-electron chi connectivity index (χ0n) is 14.7. The fourth-order valence-corrected chi connectivity index (χ4v) is 2.63. The van der Waals surface area contributed by atoms with E-state index >= 15 is 0 Å². The molecule has 24 heavy (non-hydrogen) atoms. The van der Waals surface area contributed by atoms with Gasteiger partial charge in [-0.25, -0.2) is 4.98 Å². The van der Waals surface area contributed by atoms with Crippen molar-refractivity contribution in [1.82, 2.24) is 4.98 Å². The third kappa shape index (κ3) is 4.68. The minimum atomic E-state index is -0.379. The summed E-state index contributed by atoms with van der Waals surface area (Å²) in [5.74, 6) is 0.991. The first-order valence-electron chi connectivity index (χ1n) is 7.99. The standard InChI is InChI=1S/C18H24N4O2/c1-14-12-15(2)19-18(13-14)21(4)11-5-10-20(3)16-6-8-17(9-7-16)22(23)24/h6-9,12-13H,5,10-11H2,1-4H3. The van der Waals surface area contributed by atoms with E-state index in [1.54, 1.807) is 12.1 Å². The number of rotatable bonds is 7. The summed E-state index contributed by atoms with van der Waals surface area (Å²) in [6.07, 6.45) is 0.971. The Bertz CT molecular complexity index is 680.